The quantitative estimate of drug-likeness (QED) is 0.201. The van der Waals surface area contributed by atoms with Crippen LogP contribution < -0.4 is 9.64 Å². The van der Waals surface area contributed by atoms with E-state index >= 15 is 0 Å². The first-order chi connectivity index (χ1) is 17.5. The van der Waals surface area contributed by atoms with E-state index in [1.807, 2.05) is 17.2 Å². The molecule has 2 aromatic carbocycles. The van der Waals surface area contributed by atoms with Gasteiger partial charge in [-0.1, -0.05) is 61.0 Å². The van der Waals surface area contributed by atoms with Crippen molar-refractivity contribution in [1.82, 2.24) is 10.2 Å². The highest BCUT2D eigenvalue weighted by Gasteiger charge is 2.32. The molecule has 0 saturated carbocycles. The molecule has 192 valence electrons. The van der Waals surface area contributed by atoms with Gasteiger partial charge in [0.2, 0.25) is 5.91 Å². The van der Waals surface area contributed by atoms with Crippen LogP contribution in [0, 0.1) is 0 Å². The normalized spacial score (nSPS) is 15.1. The number of carbonyl (C=O) groups is 1. The van der Waals surface area contributed by atoms with Gasteiger partial charge < -0.3 is 9.64 Å². The Morgan fingerprint density at radius 1 is 1.19 bits per heavy atom. The number of alkyl halides is 1. The molecule has 1 aromatic heterocycles. The number of halogens is 1. The summed E-state index contributed by atoms with van der Waals surface area (Å²) in [4.78, 5) is 16.2. The predicted molar refractivity (Wildman–Crippen MR) is 150 cm³/mol. The van der Waals surface area contributed by atoms with Crippen molar-refractivity contribution < 1.29 is 9.53 Å². The van der Waals surface area contributed by atoms with Crippen LogP contribution in [-0.4, -0.2) is 28.0 Å². The average molecular weight is 553 g/mol. The first-order valence-electron chi connectivity index (χ1n) is 13.3. The monoisotopic (exact) mass is 551 g/mol. The van der Waals surface area contributed by atoms with Gasteiger partial charge in [0.1, 0.15) is 5.75 Å². The van der Waals surface area contributed by atoms with Crippen molar-refractivity contribution in [3.8, 4) is 5.75 Å². The number of aryl methyl sites for hydroxylation is 1. The number of fused-ring (bicyclic) bond motifs is 1. The Kier molecular flexibility index (Phi) is 9.24. The van der Waals surface area contributed by atoms with E-state index < -0.39 is 0 Å². The third kappa shape index (κ3) is 6.03. The summed E-state index contributed by atoms with van der Waals surface area (Å²) in [5, 5.41) is 8.34. The average Bonchev–Trinajstić information content (AvgIpc) is 3.36. The van der Waals surface area contributed by atoms with Crippen molar-refractivity contribution in [3.63, 3.8) is 0 Å². The summed E-state index contributed by atoms with van der Waals surface area (Å²) in [6.45, 7) is 7.70. The van der Waals surface area contributed by atoms with Crippen LogP contribution >= 0.6 is 15.9 Å². The summed E-state index contributed by atoms with van der Waals surface area (Å²) in [5.41, 5.74) is 6.67. The van der Waals surface area contributed by atoms with E-state index in [2.05, 4.69) is 83.3 Å². The van der Waals surface area contributed by atoms with Crippen molar-refractivity contribution in [2.24, 2.45) is 0 Å². The number of anilines is 1. The number of carbonyl (C=O) groups excluding carboxylic acids is 1. The highest BCUT2D eigenvalue weighted by Crippen LogP contribution is 2.39. The Morgan fingerprint density at radius 2 is 2.00 bits per heavy atom. The summed E-state index contributed by atoms with van der Waals surface area (Å²) in [5.74, 6) is 1.35. The molecule has 0 aliphatic heterocycles. The molecule has 1 heterocycles. The zero-order chi connectivity index (χ0) is 25.5. The van der Waals surface area contributed by atoms with E-state index in [4.69, 9.17) is 4.74 Å². The number of hydrogen-bond donors (Lipinski definition) is 1. The first kappa shape index (κ1) is 26.5. The number of nitrogens with zero attached hydrogens (tertiary/aromatic N) is 2. The zero-order valence-corrected chi connectivity index (χ0v) is 23.3. The van der Waals surface area contributed by atoms with Gasteiger partial charge in [0.05, 0.1) is 25.3 Å². The van der Waals surface area contributed by atoms with Crippen LogP contribution in [0.5, 0.6) is 5.75 Å². The maximum atomic E-state index is 14.3. The number of aromatic nitrogens is 2. The number of nitrogens with one attached hydrogen (secondary N) is 1. The number of ether oxygens (including phenoxy) is 1. The van der Waals surface area contributed by atoms with Crippen molar-refractivity contribution >= 4 is 27.5 Å². The zero-order valence-electron chi connectivity index (χ0n) is 21.7. The van der Waals surface area contributed by atoms with Gasteiger partial charge in [0.15, 0.2) is 0 Å². The van der Waals surface area contributed by atoms with E-state index in [1.54, 1.807) is 0 Å². The molecule has 6 heteroatoms. The number of amides is 1. The molecular formula is C30H38BrN3O2. The molecule has 4 rings (SSSR count). The Labute approximate surface area is 223 Å². The molecule has 1 N–H and O–H groups in total. The van der Waals surface area contributed by atoms with Crippen molar-refractivity contribution in [3.05, 3.63) is 76.6 Å². The molecule has 5 nitrogen and oxygen atoms in total. The Bertz CT molecular complexity index is 1140. The number of aromatic amines is 1. The lowest BCUT2D eigenvalue weighted by atomic mass is 9.81. The number of benzene rings is 2. The maximum Gasteiger partial charge on any atom is 0.234 e. The fraction of sp³-hybridized carbons (Fsp3) is 0.467. The van der Waals surface area contributed by atoms with Crippen LogP contribution in [-0.2, 0) is 24.2 Å². The largest absolute Gasteiger partial charge is 0.493 e. The minimum atomic E-state index is -0.179. The fourth-order valence-corrected chi connectivity index (χ4v) is 5.46. The van der Waals surface area contributed by atoms with Crippen molar-refractivity contribution in [2.75, 3.05) is 16.8 Å². The summed E-state index contributed by atoms with van der Waals surface area (Å²) in [6, 6.07) is 14.7. The van der Waals surface area contributed by atoms with E-state index in [-0.39, 0.29) is 11.8 Å². The number of H-pyrrole nitrogens is 1. The van der Waals surface area contributed by atoms with E-state index in [0.29, 0.717) is 19.1 Å². The molecule has 1 atom stereocenters. The second kappa shape index (κ2) is 12.6. The second-order valence-electron chi connectivity index (χ2n) is 9.91. The minimum Gasteiger partial charge on any atom is -0.493 e. The molecule has 1 aliphatic carbocycles. The molecule has 3 aromatic rings. The van der Waals surface area contributed by atoms with Gasteiger partial charge in [-0.3, -0.25) is 9.89 Å². The maximum absolute atomic E-state index is 14.3. The molecule has 1 unspecified atom stereocenters. The molecular weight excluding hydrogens is 514 g/mol. The van der Waals surface area contributed by atoms with Crippen LogP contribution in [0.2, 0.25) is 0 Å². The molecule has 0 saturated heterocycles. The van der Waals surface area contributed by atoms with Gasteiger partial charge in [-0.05, 0) is 79.3 Å². The lowest BCUT2D eigenvalue weighted by Crippen LogP contribution is -2.36. The smallest absolute Gasteiger partial charge is 0.234 e. The molecule has 0 fully saturated rings. The number of rotatable bonds is 11. The van der Waals surface area contributed by atoms with E-state index in [9.17, 15) is 4.79 Å². The third-order valence-electron chi connectivity index (χ3n) is 7.17. The highest BCUT2D eigenvalue weighted by atomic mass is 79.9. The lowest BCUT2D eigenvalue weighted by Gasteiger charge is -2.32. The SMILES string of the molecule is CCc1[nH]ncc1CN(C(=O)C1CCCc2c(OCCCCBr)cccc21)c1ccc(C(C)C)cc1. The van der Waals surface area contributed by atoms with Crippen molar-refractivity contribution in [2.45, 2.75) is 77.7 Å². The summed E-state index contributed by atoms with van der Waals surface area (Å²) >= 11 is 3.49. The lowest BCUT2D eigenvalue weighted by molar-refractivity contribution is -0.120. The van der Waals surface area contributed by atoms with Gasteiger partial charge in [-0.25, -0.2) is 0 Å². The summed E-state index contributed by atoms with van der Waals surface area (Å²) in [7, 11) is 0. The Balaban J connectivity index is 1.65. The molecule has 0 bridgehead atoms. The van der Waals surface area contributed by atoms with Gasteiger partial charge in [-0.2, -0.15) is 5.10 Å². The summed E-state index contributed by atoms with van der Waals surface area (Å²) in [6.07, 6.45) is 7.61. The fourth-order valence-electron chi connectivity index (χ4n) is 5.06. The molecule has 1 amide bonds. The molecule has 0 radical (unpaired) electrons. The predicted octanol–water partition coefficient (Wildman–Crippen LogP) is 7.30. The molecule has 0 spiro atoms. The number of hydrogen-bond acceptors (Lipinski definition) is 3. The minimum absolute atomic E-state index is 0.146. The Morgan fingerprint density at radius 3 is 2.72 bits per heavy atom. The highest BCUT2D eigenvalue weighted by molar-refractivity contribution is 9.09. The van der Waals surface area contributed by atoms with Crippen LogP contribution in [0.3, 0.4) is 0 Å². The molecule has 1 aliphatic rings. The van der Waals surface area contributed by atoms with E-state index in [0.717, 1.165) is 72.1 Å². The van der Waals surface area contributed by atoms with Gasteiger partial charge in [0.25, 0.3) is 0 Å². The molecule has 36 heavy (non-hydrogen) atoms. The van der Waals surface area contributed by atoms with Gasteiger partial charge in [-0.15, -0.1) is 0 Å². The van der Waals surface area contributed by atoms with E-state index in [1.165, 1.54) is 11.1 Å². The standard InChI is InChI=1S/C30H38BrN3O2/c1-4-28-23(19-32-33-28)20-34(24-15-13-22(14-16-24)21(2)3)30(35)27-11-7-10-26-25(27)9-8-12-29(26)36-18-6-5-17-31/h8-9,12-16,19,21,27H,4-7,10-11,17-18,20H2,1-3H3,(H,32,33). The second-order valence-corrected chi connectivity index (χ2v) is 10.7. The van der Waals surface area contributed by atoms with Crippen LogP contribution in [0.15, 0.2) is 48.7 Å². The summed E-state index contributed by atoms with van der Waals surface area (Å²) < 4.78 is 6.17. The topological polar surface area (TPSA) is 58.2 Å². The van der Waals surface area contributed by atoms with Crippen molar-refractivity contribution in [1.29, 1.82) is 0 Å². The Hall–Kier alpha value is -2.60. The van der Waals surface area contributed by atoms with Gasteiger partial charge >= 0.3 is 0 Å². The number of unbranched alkanes of at least 4 members (excludes halogenated alkanes) is 1. The third-order valence-corrected chi connectivity index (χ3v) is 7.74. The van der Waals surface area contributed by atoms with Crippen LogP contribution in [0.4, 0.5) is 5.69 Å². The van der Waals surface area contributed by atoms with Crippen LogP contribution in [0.1, 0.15) is 86.2 Å². The van der Waals surface area contributed by atoms with Crippen LogP contribution in [0.25, 0.3) is 0 Å². The first-order valence-corrected chi connectivity index (χ1v) is 14.4. The van der Waals surface area contributed by atoms with Gasteiger partial charge in [0, 0.05) is 22.3 Å².